The van der Waals surface area contributed by atoms with E-state index in [1.54, 1.807) is 42.5 Å². The third-order valence-corrected chi connectivity index (χ3v) is 5.04. The molecular formula is C24H27N3O6. The fraction of sp³-hybridized carbons (Fsp3) is 0.292. The van der Waals surface area contributed by atoms with Crippen LogP contribution in [0, 0.1) is 16.7 Å². The van der Waals surface area contributed by atoms with Crippen molar-refractivity contribution < 1.29 is 29.4 Å². The van der Waals surface area contributed by atoms with Crippen LogP contribution in [-0.4, -0.2) is 29.4 Å². The first-order chi connectivity index (χ1) is 15.7. The lowest BCUT2D eigenvalue weighted by molar-refractivity contribution is -0.124. The number of nitrogens with one attached hydrogen (secondary N) is 2. The number of hydrogen-bond donors (Lipinski definition) is 4. The summed E-state index contributed by atoms with van der Waals surface area (Å²) in [5, 5.41) is 30.4. The highest BCUT2D eigenvalue weighted by atomic mass is 16.6. The van der Waals surface area contributed by atoms with Gasteiger partial charge in [-0.05, 0) is 54.8 Å². The molecule has 1 atom stereocenters. The van der Waals surface area contributed by atoms with Crippen molar-refractivity contribution in [3.63, 3.8) is 0 Å². The molecule has 0 fully saturated rings. The molecule has 9 heteroatoms. The molecule has 0 aliphatic carbocycles. The minimum absolute atomic E-state index is 0.0913. The quantitative estimate of drug-likeness (QED) is 0.250. The molecule has 0 radical (unpaired) electrons. The van der Waals surface area contributed by atoms with Crippen LogP contribution in [0.15, 0.2) is 54.6 Å². The van der Waals surface area contributed by atoms with E-state index in [1.807, 2.05) is 19.9 Å². The van der Waals surface area contributed by atoms with Gasteiger partial charge in [0.05, 0.1) is 18.7 Å². The number of phenolic OH excluding ortho intramolecular Hbond substituents is 1. The fourth-order valence-electron chi connectivity index (χ4n) is 3.25. The topological polar surface area (TPSA) is 141 Å². The molecule has 0 spiro atoms. The number of carbonyl (C=O) groups excluding carboxylic acids is 2. The van der Waals surface area contributed by atoms with E-state index in [0.29, 0.717) is 29.7 Å². The summed E-state index contributed by atoms with van der Waals surface area (Å²) in [6.07, 6.45) is 2.34. The first-order valence-electron chi connectivity index (χ1n) is 10.2. The number of methoxy groups -OCH3 is 1. The number of nitrogens with zero attached hydrogens (tertiary/aromatic N) is 1. The number of hydrogen-bond acceptors (Lipinski definition) is 7. The van der Waals surface area contributed by atoms with Crippen LogP contribution in [0.25, 0.3) is 0 Å². The van der Waals surface area contributed by atoms with Crippen molar-refractivity contribution in [1.29, 1.82) is 5.26 Å². The molecule has 9 nitrogen and oxygen atoms in total. The summed E-state index contributed by atoms with van der Waals surface area (Å²) in [4.78, 5) is 23.8. The highest BCUT2D eigenvalue weighted by molar-refractivity contribution is 5.86. The van der Waals surface area contributed by atoms with Gasteiger partial charge in [-0.1, -0.05) is 26.0 Å². The van der Waals surface area contributed by atoms with E-state index in [9.17, 15) is 14.7 Å². The molecule has 33 heavy (non-hydrogen) atoms. The summed E-state index contributed by atoms with van der Waals surface area (Å²) in [5.74, 6) is -0.441. The minimum atomic E-state index is -0.757. The Labute approximate surface area is 192 Å². The van der Waals surface area contributed by atoms with Crippen molar-refractivity contribution >= 4 is 17.7 Å². The zero-order valence-electron chi connectivity index (χ0n) is 18.7. The van der Waals surface area contributed by atoms with Gasteiger partial charge in [0.2, 0.25) is 0 Å². The van der Waals surface area contributed by atoms with Crippen LogP contribution < -0.4 is 15.5 Å². The van der Waals surface area contributed by atoms with E-state index < -0.39 is 23.5 Å². The van der Waals surface area contributed by atoms with Crippen molar-refractivity contribution in [3.05, 3.63) is 65.7 Å². The second-order valence-electron chi connectivity index (χ2n) is 7.94. The number of aromatic hydroxyl groups is 1. The van der Waals surface area contributed by atoms with E-state index in [1.165, 1.54) is 24.7 Å². The van der Waals surface area contributed by atoms with Gasteiger partial charge in [-0.3, -0.25) is 15.3 Å². The zero-order valence-corrected chi connectivity index (χ0v) is 18.7. The predicted octanol–water partition coefficient (Wildman–Crippen LogP) is 4.43. The first kappa shape index (κ1) is 25.2. The number of nitriles is 1. The third-order valence-electron chi connectivity index (χ3n) is 5.04. The van der Waals surface area contributed by atoms with Crippen molar-refractivity contribution in [3.8, 4) is 17.6 Å². The molecule has 2 aromatic carbocycles. The lowest BCUT2D eigenvalue weighted by Gasteiger charge is -2.34. The van der Waals surface area contributed by atoms with Gasteiger partial charge in [-0.2, -0.15) is 5.26 Å². The number of carbonyl (C=O) groups is 2. The molecule has 0 aromatic heterocycles. The summed E-state index contributed by atoms with van der Waals surface area (Å²) in [6, 6.07) is 13.1. The molecule has 2 rings (SSSR count). The number of ether oxygens (including phenoxy) is 2. The first-order valence-corrected chi connectivity index (χ1v) is 10.2. The molecule has 0 heterocycles. The van der Waals surface area contributed by atoms with Gasteiger partial charge in [-0.25, -0.2) is 10.3 Å². The third kappa shape index (κ3) is 7.26. The van der Waals surface area contributed by atoms with Crippen molar-refractivity contribution in [1.82, 2.24) is 5.48 Å². The lowest BCUT2D eigenvalue weighted by Crippen LogP contribution is -2.29. The highest BCUT2D eigenvalue weighted by Gasteiger charge is 2.34. The summed E-state index contributed by atoms with van der Waals surface area (Å²) in [6.45, 7) is 3.79. The molecule has 2 aromatic rings. The predicted molar refractivity (Wildman–Crippen MR) is 121 cm³/mol. The largest absolute Gasteiger partial charge is 0.504 e. The summed E-state index contributed by atoms with van der Waals surface area (Å²) in [5.41, 5.74) is 2.40. The molecule has 0 saturated carbocycles. The number of phenols is 1. The average Bonchev–Trinajstić information content (AvgIpc) is 2.80. The van der Waals surface area contributed by atoms with Gasteiger partial charge in [0.15, 0.2) is 11.5 Å². The van der Waals surface area contributed by atoms with Crippen LogP contribution in [0.1, 0.15) is 43.9 Å². The molecule has 0 aliphatic rings. The number of hydroxylamine groups is 1. The van der Waals surface area contributed by atoms with Crippen LogP contribution in [0.2, 0.25) is 0 Å². The Kier molecular flexibility index (Phi) is 8.83. The van der Waals surface area contributed by atoms with E-state index >= 15 is 0 Å². The standard InChI is InChI=1S/C24H27N3O6/c1-24(2,13-5-4-6-21(29)27-31)22(17-9-12-20(32-3)19(28)14-17)33-23(30)26-18-10-7-16(15-25)8-11-18/h4,6-12,14,22,28,31H,5,13H2,1-3H3,(H,26,30)(H,27,29)/b6-4+/t22-/m0/s1. The Balaban J connectivity index is 2.24. The van der Waals surface area contributed by atoms with Gasteiger partial charge < -0.3 is 14.6 Å². The number of rotatable bonds is 9. The fourth-order valence-corrected chi connectivity index (χ4v) is 3.25. The van der Waals surface area contributed by atoms with Gasteiger partial charge in [0.1, 0.15) is 6.10 Å². The van der Waals surface area contributed by atoms with Crippen LogP contribution in [0.3, 0.4) is 0 Å². The van der Waals surface area contributed by atoms with Crippen LogP contribution in [0.5, 0.6) is 11.5 Å². The Bertz CT molecular complexity index is 1040. The smallest absolute Gasteiger partial charge is 0.412 e. The van der Waals surface area contributed by atoms with Gasteiger partial charge in [0.25, 0.3) is 5.91 Å². The highest BCUT2D eigenvalue weighted by Crippen LogP contribution is 2.42. The van der Waals surface area contributed by atoms with Crippen LogP contribution in [-0.2, 0) is 9.53 Å². The second-order valence-corrected chi connectivity index (χ2v) is 7.94. The number of amides is 2. The van der Waals surface area contributed by atoms with Gasteiger partial charge in [0, 0.05) is 17.2 Å². The Morgan fingerprint density at radius 3 is 2.48 bits per heavy atom. The molecule has 174 valence electrons. The Hall–Kier alpha value is -4.03. The number of allylic oxidation sites excluding steroid dienone is 1. The molecule has 4 N–H and O–H groups in total. The zero-order chi connectivity index (χ0) is 24.4. The monoisotopic (exact) mass is 453 g/mol. The van der Waals surface area contributed by atoms with Crippen molar-refractivity contribution in [2.75, 3.05) is 12.4 Å². The van der Waals surface area contributed by atoms with Gasteiger partial charge >= 0.3 is 6.09 Å². The van der Waals surface area contributed by atoms with Crippen LogP contribution in [0.4, 0.5) is 10.5 Å². The maximum atomic E-state index is 12.7. The SMILES string of the molecule is COc1ccc([C@H](OC(=O)Nc2ccc(C#N)cc2)C(C)(C)CC/C=C/C(=O)NO)cc1O. The molecule has 0 saturated heterocycles. The van der Waals surface area contributed by atoms with Crippen molar-refractivity contribution in [2.45, 2.75) is 32.8 Å². The maximum Gasteiger partial charge on any atom is 0.412 e. The molecular weight excluding hydrogens is 426 g/mol. The Morgan fingerprint density at radius 1 is 1.21 bits per heavy atom. The normalized spacial score (nSPS) is 12.0. The number of anilines is 1. The molecule has 0 aliphatic heterocycles. The summed E-state index contributed by atoms with van der Waals surface area (Å²) in [7, 11) is 1.44. The molecule has 0 unspecified atom stereocenters. The van der Waals surface area contributed by atoms with Gasteiger partial charge in [-0.15, -0.1) is 0 Å². The maximum absolute atomic E-state index is 12.7. The molecule has 2 amide bonds. The van der Waals surface area contributed by atoms with E-state index in [0.717, 1.165) is 0 Å². The number of benzene rings is 2. The lowest BCUT2D eigenvalue weighted by atomic mass is 9.78. The average molecular weight is 453 g/mol. The minimum Gasteiger partial charge on any atom is -0.504 e. The second kappa shape index (κ2) is 11.5. The molecule has 0 bridgehead atoms. The van der Waals surface area contributed by atoms with Crippen molar-refractivity contribution in [2.24, 2.45) is 5.41 Å². The van der Waals surface area contributed by atoms with Crippen LogP contribution >= 0.6 is 0 Å². The summed E-state index contributed by atoms with van der Waals surface area (Å²) >= 11 is 0. The van der Waals surface area contributed by atoms with E-state index in [4.69, 9.17) is 19.9 Å². The van der Waals surface area contributed by atoms with E-state index in [2.05, 4.69) is 5.32 Å². The summed E-state index contributed by atoms with van der Waals surface area (Å²) < 4.78 is 10.9. The Morgan fingerprint density at radius 2 is 1.91 bits per heavy atom. The van der Waals surface area contributed by atoms with E-state index in [-0.39, 0.29) is 11.5 Å².